The zero-order valence-corrected chi connectivity index (χ0v) is 12.0. The van der Waals surface area contributed by atoms with Gasteiger partial charge in [-0.1, -0.05) is 12.1 Å². The predicted molar refractivity (Wildman–Crippen MR) is 77.8 cm³/mol. The summed E-state index contributed by atoms with van der Waals surface area (Å²) in [7, 11) is 2.11. The van der Waals surface area contributed by atoms with Crippen molar-refractivity contribution in [3.05, 3.63) is 57.8 Å². The van der Waals surface area contributed by atoms with Gasteiger partial charge in [-0.25, -0.2) is 4.39 Å². The number of aromatic nitrogens is 1. The van der Waals surface area contributed by atoms with Crippen LogP contribution in [0, 0.1) is 5.82 Å². The molecule has 1 aliphatic rings. The molecule has 1 aromatic carbocycles. The second-order valence-corrected chi connectivity index (χ2v) is 5.80. The van der Waals surface area contributed by atoms with E-state index in [1.165, 1.54) is 12.1 Å². The number of nitrogens with one attached hydrogen (secondary N) is 1. The maximum absolute atomic E-state index is 13.0. The molecule has 1 aromatic heterocycles. The summed E-state index contributed by atoms with van der Waals surface area (Å²) in [6.45, 7) is 0.964. The molecule has 5 heteroatoms. The fraction of sp³-hybridized carbons (Fsp3) is 0.438. The number of nitrogens with zero attached hydrogens (tertiary/aromatic N) is 1. The van der Waals surface area contributed by atoms with Gasteiger partial charge < -0.3 is 9.42 Å². The Morgan fingerprint density at radius 2 is 2.14 bits per heavy atom. The fourth-order valence-electron chi connectivity index (χ4n) is 3.06. The molecule has 1 aliphatic heterocycles. The molecule has 21 heavy (non-hydrogen) atoms. The fourth-order valence-corrected chi connectivity index (χ4v) is 3.06. The molecule has 1 saturated heterocycles. The van der Waals surface area contributed by atoms with Crippen LogP contribution < -0.4 is 5.56 Å². The molecule has 0 radical (unpaired) electrons. The summed E-state index contributed by atoms with van der Waals surface area (Å²) in [5.41, 5.74) is 0.948. The van der Waals surface area contributed by atoms with Crippen LogP contribution in [0.4, 0.5) is 4.39 Å². The third-order valence-electron chi connectivity index (χ3n) is 4.34. The first-order chi connectivity index (χ1) is 10.1. The van der Waals surface area contributed by atoms with Crippen LogP contribution >= 0.6 is 0 Å². The van der Waals surface area contributed by atoms with Gasteiger partial charge in [0.25, 0.3) is 5.56 Å². The molecule has 112 valence electrons. The molecule has 3 rings (SSSR count). The lowest BCUT2D eigenvalue weighted by molar-refractivity contribution is 0.155. The van der Waals surface area contributed by atoms with Crippen LogP contribution in [0.1, 0.15) is 30.1 Å². The Morgan fingerprint density at radius 1 is 1.38 bits per heavy atom. The van der Waals surface area contributed by atoms with E-state index >= 15 is 0 Å². The van der Waals surface area contributed by atoms with Crippen LogP contribution in [0.3, 0.4) is 0 Å². The van der Waals surface area contributed by atoms with E-state index in [2.05, 4.69) is 17.1 Å². The number of likely N-dealkylation sites (tertiary alicyclic amines) is 1. The minimum absolute atomic E-state index is 0.181. The second-order valence-electron chi connectivity index (χ2n) is 5.80. The molecule has 2 heterocycles. The summed E-state index contributed by atoms with van der Waals surface area (Å²) in [6, 6.07) is 8.59. The molecule has 2 atom stereocenters. The zero-order valence-electron chi connectivity index (χ0n) is 12.0. The number of piperidine rings is 1. The Balaban J connectivity index is 1.71. The highest BCUT2D eigenvalue weighted by Crippen LogP contribution is 2.31. The van der Waals surface area contributed by atoms with Crippen LogP contribution in [0.2, 0.25) is 0 Å². The maximum atomic E-state index is 13.0. The van der Waals surface area contributed by atoms with Crippen LogP contribution in [-0.4, -0.2) is 29.7 Å². The quantitative estimate of drug-likeness (QED) is 0.945. The topological polar surface area (TPSA) is 49.2 Å². The minimum Gasteiger partial charge on any atom is -0.383 e. The first kappa shape index (κ1) is 14.1. The Morgan fingerprint density at radius 3 is 2.81 bits per heavy atom. The van der Waals surface area contributed by atoms with E-state index in [-0.39, 0.29) is 17.3 Å². The van der Waals surface area contributed by atoms with Crippen molar-refractivity contribution in [2.45, 2.75) is 31.2 Å². The lowest BCUT2D eigenvalue weighted by Crippen LogP contribution is -2.40. The Hall–Kier alpha value is -1.88. The number of H-pyrrole nitrogens is 1. The molecule has 2 aromatic rings. The average molecular weight is 290 g/mol. The summed E-state index contributed by atoms with van der Waals surface area (Å²) >= 11 is 0. The highest BCUT2D eigenvalue weighted by Gasteiger charge is 2.29. The first-order valence-electron chi connectivity index (χ1n) is 7.25. The van der Waals surface area contributed by atoms with E-state index in [1.807, 2.05) is 12.1 Å². The molecule has 4 nitrogen and oxygen atoms in total. The van der Waals surface area contributed by atoms with Gasteiger partial charge in [-0.3, -0.25) is 4.79 Å². The second kappa shape index (κ2) is 5.85. The molecule has 0 saturated carbocycles. The first-order valence-corrected chi connectivity index (χ1v) is 7.25. The van der Waals surface area contributed by atoms with Crippen molar-refractivity contribution in [3.8, 4) is 0 Å². The Kier molecular flexibility index (Phi) is 3.92. The Bertz CT molecular complexity index is 647. The molecule has 0 spiro atoms. The van der Waals surface area contributed by atoms with Gasteiger partial charge in [0.2, 0.25) is 0 Å². The SMILES string of the molecule is CN1CC[C@H](c2cc(=O)[nH]o2)C[C@@H]1Cc1ccc(F)cc1. The third-order valence-corrected chi connectivity index (χ3v) is 4.34. The molecular weight excluding hydrogens is 271 g/mol. The van der Waals surface area contributed by atoms with Gasteiger partial charge in [-0.05, 0) is 50.6 Å². The summed E-state index contributed by atoms with van der Waals surface area (Å²) in [5.74, 6) is 0.811. The monoisotopic (exact) mass is 290 g/mol. The summed E-state index contributed by atoms with van der Waals surface area (Å²) < 4.78 is 18.2. The summed E-state index contributed by atoms with van der Waals surface area (Å²) in [4.78, 5) is 13.5. The smallest absolute Gasteiger partial charge is 0.280 e. The standard InChI is InChI=1S/C16H19FN2O2/c1-19-7-6-12(15-10-16(20)18-21-15)9-14(19)8-11-2-4-13(17)5-3-11/h2-5,10,12,14H,6-9H2,1H3,(H,18,20)/t12-,14-/m0/s1. The third kappa shape index (κ3) is 3.24. The number of rotatable bonds is 3. The van der Waals surface area contributed by atoms with E-state index in [4.69, 9.17) is 4.52 Å². The number of hydrogen-bond donors (Lipinski definition) is 1. The number of hydrogen-bond acceptors (Lipinski definition) is 3. The van der Waals surface area contributed by atoms with Crippen molar-refractivity contribution in [1.29, 1.82) is 0 Å². The van der Waals surface area contributed by atoms with E-state index in [0.717, 1.165) is 37.1 Å². The number of benzene rings is 1. The van der Waals surface area contributed by atoms with Crippen molar-refractivity contribution in [2.75, 3.05) is 13.6 Å². The van der Waals surface area contributed by atoms with Crippen molar-refractivity contribution in [2.24, 2.45) is 0 Å². The highest BCUT2D eigenvalue weighted by atomic mass is 19.1. The maximum Gasteiger partial charge on any atom is 0.280 e. The molecule has 0 amide bonds. The lowest BCUT2D eigenvalue weighted by Gasteiger charge is -2.36. The number of likely N-dealkylation sites (N-methyl/N-ethyl adjacent to an activating group) is 1. The number of halogens is 1. The molecule has 1 fully saturated rings. The normalized spacial score (nSPS) is 23.3. The molecule has 0 bridgehead atoms. The van der Waals surface area contributed by atoms with Crippen molar-refractivity contribution in [3.63, 3.8) is 0 Å². The van der Waals surface area contributed by atoms with Crippen LogP contribution in [0.5, 0.6) is 0 Å². The van der Waals surface area contributed by atoms with Gasteiger partial charge in [-0.15, -0.1) is 0 Å². The molecule has 0 aliphatic carbocycles. The van der Waals surface area contributed by atoms with Crippen molar-refractivity contribution in [1.82, 2.24) is 10.1 Å². The van der Waals surface area contributed by atoms with E-state index in [9.17, 15) is 9.18 Å². The highest BCUT2D eigenvalue weighted by molar-refractivity contribution is 5.18. The van der Waals surface area contributed by atoms with Crippen molar-refractivity contribution < 1.29 is 8.91 Å². The van der Waals surface area contributed by atoms with Crippen LogP contribution in [-0.2, 0) is 6.42 Å². The van der Waals surface area contributed by atoms with Gasteiger partial charge in [0.15, 0.2) is 0 Å². The summed E-state index contributed by atoms with van der Waals surface area (Å²) in [6.07, 6.45) is 2.80. The van der Waals surface area contributed by atoms with Crippen LogP contribution in [0.15, 0.2) is 39.6 Å². The summed E-state index contributed by atoms with van der Waals surface area (Å²) in [5, 5.41) is 2.36. The molecule has 0 unspecified atom stereocenters. The van der Waals surface area contributed by atoms with Gasteiger partial charge in [0.05, 0.1) is 0 Å². The van der Waals surface area contributed by atoms with E-state index in [1.54, 1.807) is 6.07 Å². The van der Waals surface area contributed by atoms with E-state index in [0.29, 0.717) is 6.04 Å². The zero-order chi connectivity index (χ0) is 14.8. The van der Waals surface area contributed by atoms with Gasteiger partial charge in [-0.2, -0.15) is 5.16 Å². The van der Waals surface area contributed by atoms with Gasteiger partial charge in [0.1, 0.15) is 11.6 Å². The lowest BCUT2D eigenvalue weighted by atomic mass is 9.86. The predicted octanol–water partition coefficient (Wildman–Crippen LogP) is 2.53. The van der Waals surface area contributed by atoms with Gasteiger partial charge in [0, 0.05) is 18.0 Å². The molecule has 1 N–H and O–H groups in total. The average Bonchev–Trinajstić information content (AvgIpc) is 2.90. The van der Waals surface area contributed by atoms with Crippen LogP contribution in [0.25, 0.3) is 0 Å². The largest absolute Gasteiger partial charge is 0.383 e. The minimum atomic E-state index is -0.206. The number of aromatic amines is 1. The van der Waals surface area contributed by atoms with Gasteiger partial charge >= 0.3 is 0 Å². The molecular formula is C16H19FN2O2. The Labute approximate surface area is 122 Å². The van der Waals surface area contributed by atoms with E-state index < -0.39 is 0 Å². The van der Waals surface area contributed by atoms with Crippen molar-refractivity contribution >= 4 is 0 Å².